The molecule has 3 amide bonds. The van der Waals surface area contributed by atoms with Crippen LogP contribution in [0.25, 0.3) is 0 Å². The Labute approximate surface area is 192 Å². The summed E-state index contributed by atoms with van der Waals surface area (Å²) in [6.45, 7) is 3.30. The fourth-order valence-corrected chi connectivity index (χ4v) is 4.40. The van der Waals surface area contributed by atoms with Crippen molar-refractivity contribution in [2.75, 3.05) is 19.8 Å². The van der Waals surface area contributed by atoms with Gasteiger partial charge in [0.1, 0.15) is 6.04 Å². The maximum absolute atomic E-state index is 12.4. The van der Waals surface area contributed by atoms with Crippen molar-refractivity contribution in [1.29, 1.82) is 0 Å². The monoisotopic (exact) mass is 493 g/mol. The van der Waals surface area contributed by atoms with Crippen molar-refractivity contribution >= 4 is 34.3 Å². The van der Waals surface area contributed by atoms with Crippen LogP contribution in [-0.4, -0.2) is 79.2 Å². The van der Waals surface area contributed by atoms with Gasteiger partial charge in [0, 0.05) is 19.4 Å². The molecule has 3 N–H and O–H groups in total. The minimum atomic E-state index is -4.56. The van der Waals surface area contributed by atoms with E-state index < -0.39 is 51.8 Å². The maximum Gasteiger partial charge on any atom is 0.421 e. The predicted molar refractivity (Wildman–Crippen MR) is 111 cm³/mol. The first-order valence-electron chi connectivity index (χ1n) is 10.7. The van der Waals surface area contributed by atoms with Crippen molar-refractivity contribution < 1.29 is 45.9 Å². The highest BCUT2D eigenvalue weighted by molar-refractivity contribution is 7.81. The third-order valence-electron chi connectivity index (χ3n) is 5.48. The number of urea groups is 1. The molecule has 2 atom stereocenters. The molecule has 2 aliphatic heterocycles. The van der Waals surface area contributed by atoms with Gasteiger partial charge in [-0.15, -0.1) is 4.28 Å². The summed E-state index contributed by atoms with van der Waals surface area (Å²) in [7, 11) is -4.56. The number of hydrogen-bond acceptors (Lipinski definition) is 9. The molecule has 0 spiro atoms. The number of rotatable bonds is 14. The normalized spacial score (nSPS) is 20.7. The zero-order valence-electron chi connectivity index (χ0n) is 18.7. The lowest BCUT2D eigenvalue weighted by Gasteiger charge is -2.27. The number of esters is 1. The molecule has 33 heavy (non-hydrogen) atoms. The van der Waals surface area contributed by atoms with E-state index in [0.29, 0.717) is 37.2 Å². The predicted octanol–water partition coefficient (Wildman–Crippen LogP) is 0.538. The Balaban J connectivity index is 1.75. The lowest BCUT2D eigenvalue weighted by Crippen LogP contribution is -2.47. The van der Waals surface area contributed by atoms with E-state index in [-0.39, 0.29) is 32.6 Å². The Morgan fingerprint density at radius 2 is 1.85 bits per heavy atom. The van der Waals surface area contributed by atoms with Crippen LogP contribution in [0.4, 0.5) is 4.79 Å². The lowest BCUT2D eigenvalue weighted by atomic mass is 9.91. The number of aliphatic carboxylic acids is 1. The molecule has 14 heteroatoms. The van der Waals surface area contributed by atoms with Crippen LogP contribution < -0.4 is 5.73 Å². The Bertz CT molecular complexity index is 860. The molecule has 2 saturated heterocycles. The summed E-state index contributed by atoms with van der Waals surface area (Å²) in [5.74, 6) is -2.05. The van der Waals surface area contributed by atoms with Crippen LogP contribution in [-0.2, 0) is 38.0 Å². The standard InChI is InChI=1S/C19H31N3O10S/c1-19(2,9-10-30-16(25)6-4-3-5-15(23)24)12-31-33(28,29)32-22-13-7-8-14(17(20)26)21(11-13)18(22)27/h13-14H,3-12H2,1-2H3,(H2,20,26)(H,23,24). The molecule has 13 nitrogen and oxygen atoms in total. The van der Waals surface area contributed by atoms with Crippen molar-refractivity contribution in [3.63, 3.8) is 0 Å². The van der Waals surface area contributed by atoms with Gasteiger partial charge >= 0.3 is 28.4 Å². The SMILES string of the molecule is CC(C)(CCOC(=O)CCCCC(=O)O)COS(=O)(=O)ON1C(=O)N2CC1CCC2C(N)=O. The number of carbonyl (C=O) groups excluding carboxylic acids is 3. The summed E-state index contributed by atoms with van der Waals surface area (Å²) in [6, 6.07) is -2.10. The number of nitrogens with two attached hydrogens (primary N) is 1. The molecule has 188 valence electrons. The average molecular weight is 494 g/mol. The van der Waals surface area contributed by atoms with Crippen LogP contribution in [0.1, 0.15) is 58.8 Å². The third kappa shape index (κ3) is 8.12. The van der Waals surface area contributed by atoms with Crippen LogP contribution >= 0.6 is 0 Å². The van der Waals surface area contributed by atoms with E-state index in [0.717, 1.165) is 0 Å². The number of piperidine rings is 1. The molecule has 0 radical (unpaired) electrons. The zero-order valence-corrected chi connectivity index (χ0v) is 19.5. The first-order valence-corrected chi connectivity index (χ1v) is 12.0. The lowest BCUT2D eigenvalue weighted by molar-refractivity contribution is -0.145. The van der Waals surface area contributed by atoms with E-state index in [1.807, 2.05) is 0 Å². The first-order chi connectivity index (χ1) is 15.3. The first kappa shape index (κ1) is 26.8. The molecule has 2 unspecified atom stereocenters. The molecule has 0 saturated carbocycles. The van der Waals surface area contributed by atoms with Crippen molar-refractivity contribution in [3.8, 4) is 0 Å². The highest BCUT2D eigenvalue weighted by Crippen LogP contribution is 2.31. The van der Waals surface area contributed by atoms with Crippen molar-refractivity contribution in [2.24, 2.45) is 11.1 Å². The van der Waals surface area contributed by atoms with Gasteiger partial charge in [-0.3, -0.25) is 14.4 Å². The Morgan fingerprint density at radius 3 is 2.48 bits per heavy atom. The number of hydrogen-bond donors (Lipinski definition) is 2. The largest absolute Gasteiger partial charge is 0.481 e. The number of carbonyl (C=O) groups is 4. The van der Waals surface area contributed by atoms with Gasteiger partial charge in [-0.2, -0.15) is 13.5 Å². The number of fused-ring (bicyclic) bond motifs is 2. The van der Waals surface area contributed by atoms with E-state index in [1.54, 1.807) is 13.8 Å². The minimum Gasteiger partial charge on any atom is -0.481 e. The molecule has 2 fully saturated rings. The van der Waals surface area contributed by atoms with Crippen LogP contribution in [0.5, 0.6) is 0 Å². The van der Waals surface area contributed by atoms with Gasteiger partial charge in [-0.1, -0.05) is 13.8 Å². The van der Waals surface area contributed by atoms with Crippen molar-refractivity contribution in [1.82, 2.24) is 9.96 Å². The van der Waals surface area contributed by atoms with Gasteiger partial charge in [-0.05, 0) is 37.5 Å². The van der Waals surface area contributed by atoms with Crippen molar-refractivity contribution in [3.05, 3.63) is 0 Å². The van der Waals surface area contributed by atoms with Gasteiger partial charge in [0.25, 0.3) is 0 Å². The molecular weight excluding hydrogens is 462 g/mol. The van der Waals surface area contributed by atoms with Crippen LogP contribution in [0.15, 0.2) is 0 Å². The maximum atomic E-state index is 12.4. The number of amides is 3. The molecule has 2 rings (SSSR count). The smallest absolute Gasteiger partial charge is 0.421 e. The van der Waals surface area contributed by atoms with Crippen molar-refractivity contribution in [2.45, 2.75) is 70.9 Å². The molecule has 2 bridgehead atoms. The molecule has 2 aliphatic rings. The molecule has 0 aromatic rings. The molecular formula is C19H31N3O10S. The van der Waals surface area contributed by atoms with E-state index in [9.17, 15) is 27.6 Å². The number of nitrogens with zero attached hydrogens (tertiary/aromatic N) is 2. The highest BCUT2D eigenvalue weighted by atomic mass is 32.3. The highest BCUT2D eigenvalue weighted by Gasteiger charge is 2.49. The van der Waals surface area contributed by atoms with E-state index in [2.05, 4.69) is 0 Å². The second-order valence-electron chi connectivity index (χ2n) is 8.89. The van der Waals surface area contributed by atoms with Crippen LogP contribution in [0, 0.1) is 5.41 Å². The fourth-order valence-electron chi connectivity index (χ4n) is 3.51. The minimum absolute atomic E-state index is 0.0122. The average Bonchev–Trinajstić information content (AvgIpc) is 2.94. The number of primary amides is 1. The number of ether oxygens (including phenoxy) is 1. The Kier molecular flexibility index (Phi) is 9.03. The quantitative estimate of drug-likeness (QED) is 0.256. The Hall–Kier alpha value is -2.45. The second-order valence-corrected chi connectivity index (χ2v) is 10.1. The third-order valence-corrected chi connectivity index (χ3v) is 6.23. The Morgan fingerprint density at radius 1 is 1.18 bits per heavy atom. The number of carboxylic acids is 1. The summed E-state index contributed by atoms with van der Waals surface area (Å²) in [5.41, 5.74) is 4.59. The molecule has 0 aromatic carbocycles. The number of unbranched alkanes of at least 4 members (excludes halogenated alkanes) is 1. The topological polar surface area (TPSA) is 183 Å². The fraction of sp³-hybridized carbons (Fsp3) is 0.789. The summed E-state index contributed by atoms with van der Waals surface area (Å²) >= 11 is 0. The number of hydroxylamine groups is 2. The van der Waals surface area contributed by atoms with Gasteiger partial charge in [0.2, 0.25) is 5.91 Å². The van der Waals surface area contributed by atoms with Crippen LogP contribution in [0.2, 0.25) is 0 Å². The summed E-state index contributed by atoms with van der Waals surface area (Å²) in [5, 5.41) is 9.27. The zero-order chi connectivity index (χ0) is 24.8. The van der Waals surface area contributed by atoms with Gasteiger partial charge in [0.05, 0.1) is 19.3 Å². The van der Waals surface area contributed by atoms with Gasteiger partial charge in [0.15, 0.2) is 0 Å². The summed E-state index contributed by atoms with van der Waals surface area (Å²) < 4.78 is 39.5. The molecule has 0 aromatic heterocycles. The van der Waals surface area contributed by atoms with Crippen LogP contribution in [0.3, 0.4) is 0 Å². The second kappa shape index (κ2) is 11.1. The van der Waals surface area contributed by atoms with Gasteiger partial charge in [-0.25, -0.2) is 8.98 Å². The molecule has 2 heterocycles. The summed E-state index contributed by atoms with van der Waals surface area (Å²) in [6.07, 6.45) is 1.84. The number of carboxylic acid groups (broad SMARTS) is 1. The molecule has 0 aliphatic carbocycles. The van der Waals surface area contributed by atoms with E-state index in [1.165, 1.54) is 4.90 Å². The van der Waals surface area contributed by atoms with E-state index in [4.69, 9.17) is 24.0 Å². The summed E-state index contributed by atoms with van der Waals surface area (Å²) in [4.78, 5) is 47.2. The van der Waals surface area contributed by atoms with E-state index >= 15 is 0 Å². The van der Waals surface area contributed by atoms with Gasteiger partial charge < -0.3 is 20.5 Å².